The summed E-state index contributed by atoms with van der Waals surface area (Å²) in [4.78, 5) is 20.1. The molecule has 0 bridgehead atoms. The molecule has 34 heavy (non-hydrogen) atoms. The first-order valence-corrected chi connectivity index (χ1v) is 11.7. The highest BCUT2D eigenvalue weighted by atomic mass is 16.5. The molecule has 0 amide bonds. The summed E-state index contributed by atoms with van der Waals surface area (Å²) < 4.78 is 8.66. The van der Waals surface area contributed by atoms with E-state index >= 15 is 0 Å². The van der Waals surface area contributed by atoms with Gasteiger partial charge in [-0.25, -0.2) is 9.78 Å². The minimum Gasteiger partial charge on any atom is -0.491 e. The molecule has 1 N–H and O–H groups in total. The van der Waals surface area contributed by atoms with Crippen LogP contribution in [0, 0.1) is 12.3 Å². The highest BCUT2D eigenvalue weighted by Gasteiger charge is 2.24. The third-order valence-electron chi connectivity index (χ3n) is 6.48. The van der Waals surface area contributed by atoms with E-state index in [1.165, 1.54) is 5.56 Å². The molecule has 4 heterocycles. The Bertz CT molecular complexity index is 1440. The van der Waals surface area contributed by atoms with Crippen LogP contribution < -0.4 is 5.69 Å². The molecule has 3 aromatic heterocycles. The minimum atomic E-state index is -0.0403. The number of rotatable bonds is 4. The number of pyridine rings is 1. The molecule has 0 radical (unpaired) electrons. The molecule has 0 aliphatic carbocycles. The Balaban J connectivity index is 1.47. The normalized spacial score (nSPS) is 14.6. The predicted molar refractivity (Wildman–Crippen MR) is 131 cm³/mol. The van der Waals surface area contributed by atoms with E-state index in [1.807, 2.05) is 16.7 Å². The number of imidazole rings is 1. The van der Waals surface area contributed by atoms with Crippen LogP contribution in [-0.4, -0.2) is 35.8 Å². The second kappa shape index (κ2) is 8.13. The zero-order valence-corrected chi connectivity index (χ0v) is 20.4. The van der Waals surface area contributed by atoms with Crippen molar-refractivity contribution in [2.45, 2.75) is 53.8 Å². The lowest BCUT2D eigenvalue weighted by molar-refractivity contribution is 0.228. The topological polar surface area (TPSA) is 89.3 Å². The molecule has 1 aliphatic heterocycles. The van der Waals surface area contributed by atoms with Gasteiger partial charge >= 0.3 is 5.69 Å². The molecular formula is C26H31N5O3. The second-order valence-corrected chi connectivity index (χ2v) is 10.5. The maximum Gasteiger partial charge on any atom is 0.330 e. The third-order valence-corrected chi connectivity index (χ3v) is 6.48. The number of hydrogen-bond acceptors (Lipinski definition) is 6. The molecule has 0 spiro atoms. The van der Waals surface area contributed by atoms with Gasteiger partial charge < -0.3 is 9.63 Å². The van der Waals surface area contributed by atoms with Crippen LogP contribution in [0.4, 0.5) is 0 Å². The van der Waals surface area contributed by atoms with Gasteiger partial charge in [0.1, 0.15) is 5.76 Å². The minimum absolute atomic E-state index is 0.00851. The average molecular weight is 462 g/mol. The Hall–Kier alpha value is -3.39. The van der Waals surface area contributed by atoms with Crippen LogP contribution >= 0.6 is 0 Å². The number of nitrogens with zero attached hydrogens (tertiary/aromatic N) is 5. The fraction of sp³-hybridized carbons (Fsp3) is 0.423. The quantitative estimate of drug-likeness (QED) is 0.494. The van der Waals surface area contributed by atoms with E-state index in [2.05, 4.69) is 56.0 Å². The summed E-state index contributed by atoms with van der Waals surface area (Å²) in [6, 6.07) is 10.5. The Morgan fingerprint density at radius 3 is 2.74 bits per heavy atom. The van der Waals surface area contributed by atoms with Crippen molar-refractivity contribution in [3.05, 3.63) is 63.3 Å². The molecule has 8 heteroatoms. The SMILES string of the molecule is Cc1ccc(CN2CCc3onc(O)c3C2)cc1-c1ccc2c(n1)n(C)c(=O)n2CC(C)(C)C. The van der Waals surface area contributed by atoms with Crippen molar-refractivity contribution in [1.82, 2.24) is 24.2 Å². The van der Waals surface area contributed by atoms with E-state index in [1.54, 1.807) is 11.6 Å². The van der Waals surface area contributed by atoms with Gasteiger partial charge in [0, 0.05) is 45.2 Å². The fourth-order valence-corrected chi connectivity index (χ4v) is 4.74. The zero-order chi connectivity index (χ0) is 24.2. The smallest absolute Gasteiger partial charge is 0.330 e. The predicted octanol–water partition coefficient (Wildman–Crippen LogP) is 4.01. The number of fused-ring (bicyclic) bond motifs is 2. The van der Waals surface area contributed by atoms with E-state index in [0.717, 1.165) is 53.2 Å². The number of aromatic nitrogens is 4. The summed E-state index contributed by atoms with van der Waals surface area (Å²) >= 11 is 0. The maximum atomic E-state index is 12.9. The van der Waals surface area contributed by atoms with Crippen molar-refractivity contribution in [1.29, 1.82) is 0 Å². The van der Waals surface area contributed by atoms with Gasteiger partial charge in [-0.15, -0.1) is 0 Å². The van der Waals surface area contributed by atoms with Gasteiger partial charge in [-0.2, -0.15) is 0 Å². The number of aromatic hydroxyl groups is 1. The molecule has 178 valence electrons. The number of benzene rings is 1. The lowest BCUT2D eigenvalue weighted by Gasteiger charge is -2.25. The third kappa shape index (κ3) is 4.03. The van der Waals surface area contributed by atoms with Gasteiger partial charge in [0.2, 0.25) is 0 Å². The van der Waals surface area contributed by atoms with Gasteiger partial charge in [-0.1, -0.05) is 32.9 Å². The molecule has 5 rings (SSSR count). The lowest BCUT2D eigenvalue weighted by atomic mass is 9.97. The van der Waals surface area contributed by atoms with Crippen molar-refractivity contribution in [3.63, 3.8) is 0 Å². The molecule has 4 aromatic rings. The van der Waals surface area contributed by atoms with Gasteiger partial charge in [-0.3, -0.25) is 14.0 Å². The first-order valence-electron chi connectivity index (χ1n) is 11.7. The summed E-state index contributed by atoms with van der Waals surface area (Å²) in [6.07, 6.45) is 0.736. The number of hydrogen-bond donors (Lipinski definition) is 1. The molecule has 0 saturated heterocycles. The molecule has 1 aliphatic rings. The molecule has 0 saturated carbocycles. The highest BCUT2D eigenvalue weighted by molar-refractivity contribution is 5.77. The van der Waals surface area contributed by atoms with E-state index in [9.17, 15) is 9.90 Å². The van der Waals surface area contributed by atoms with Crippen LogP contribution in [0.25, 0.3) is 22.4 Å². The molecule has 0 atom stereocenters. The Morgan fingerprint density at radius 2 is 1.97 bits per heavy atom. The summed E-state index contributed by atoms with van der Waals surface area (Å²) in [5.74, 6) is 0.769. The first kappa shape index (κ1) is 22.4. The van der Waals surface area contributed by atoms with Gasteiger partial charge in [0.25, 0.3) is 5.88 Å². The van der Waals surface area contributed by atoms with Crippen molar-refractivity contribution in [2.75, 3.05) is 6.54 Å². The van der Waals surface area contributed by atoms with Gasteiger partial charge in [0.05, 0.1) is 16.8 Å². The largest absolute Gasteiger partial charge is 0.491 e. The monoisotopic (exact) mass is 461 g/mol. The highest BCUT2D eigenvalue weighted by Crippen LogP contribution is 2.29. The average Bonchev–Trinajstić information content (AvgIpc) is 3.27. The standard InChI is InChI=1S/C26H31N5O3/c1-16-6-7-17(13-30-11-10-22-19(14-30)24(32)28-34-22)12-18(16)20-8-9-21-23(27-20)29(5)25(33)31(21)15-26(2,3)4/h6-9,12H,10-11,13-15H2,1-5H3,(H,28,32). The van der Waals surface area contributed by atoms with E-state index < -0.39 is 0 Å². The van der Waals surface area contributed by atoms with E-state index in [4.69, 9.17) is 9.51 Å². The van der Waals surface area contributed by atoms with Crippen LogP contribution in [0.15, 0.2) is 39.6 Å². The van der Waals surface area contributed by atoms with Crippen molar-refractivity contribution in [2.24, 2.45) is 12.5 Å². The van der Waals surface area contributed by atoms with Crippen LogP contribution in [0.5, 0.6) is 5.88 Å². The molecule has 0 fully saturated rings. The van der Waals surface area contributed by atoms with Crippen molar-refractivity contribution < 1.29 is 9.63 Å². The van der Waals surface area contributed by atoms with Crippen molar-refractivity contribution >= 4 is 11.2 Å². The summed E-state index contributed by atoms with van der Waals surface area (Å²) in [5, 5.41) is 13.6. The first-order chi connectivity index (χ1) is 16.1. The summed E-state index contributed by atoms with van der Waals surface area (Å²) in [6.45, 7) is 11.3. The summed E-state index contributed by atoms with van der Waals surface area (Å²) in [5.41, 5.74) is 6.50. The van der Waals surface area contributed by atoms with Crippen molar-refractivity contribution in [3.8, 4) is 17.1 Å². The summed E-state index contributed by atoms with van der Waals surface area (Å²) in [7, 11) is 1.79. The van der Waals surface area contributed by atoms with Crippen LogP contribution in [0.1, 0.15) is 43.2 Å². The zero-order valence-electron chi connectivity index (χ0n) is 20.4. The van der Waals surface area contributed by atoms with E-state index in [-0.39, 0.29) is 17.0 Å². The number of aryl methyl sites for hydroxylation is 2. The molecule has 1 aromatic carbocycles. The van der Waals surface area contributed by atoms with Gasteiger partial charge in [0.15, 0.2) is 5.65 Å². The van der Waals surface area contributed by atoms with Crippen LogP contribution in [-0.2, 0) is 33.1 Å². The Morgan fingerprint density at radius 1 is 1.18 bits per heavy atom. The van der Waals surface area contributed by atoms with Crippen LogP contribution in [0.2, 0.25) is 0 Å². The molecule has 0 unspecified atom stereocenters. The van der Waals surface area contributed by atoms with E-state index in [0.29, 0.717) is 18.7 Å². The molecular weight excluding hydrogens is 430 g/mol. The Labute approximate surface area is 198 Å². The Kier molecular flexibility index (Phi) is 5.36. The lowest BCUT2D eigenvalue weighted by Crippen LogP contribution is -2.29. The van der Waals surface area contributed by atoms with Crippen LogP contribution in [0.3, 0.4) is 0 Å². The fourth-order valence-electron chi connectivity index (χ4n) is 4.74. The molecule has 8 nitrogen and oxygen atoms in total. The maximum absolute atomic E-state index is 12.9. The van der Waals surface area contributed by atoms with Gasteiger partial charge in [-0.05, 0) is 46.8 Å². The second-order valence-electron chi connectivity index (χ2n) is 10.5.